The molecule has 1 aromatic carbocycles. The molecule has 0 aliphatic carbocycles. The van der Waals surface area contributed by atoms with E-state index in [9.17, 15) is 9.59 Å². The van der Waals surface area contributed by atoms with Gasteiger partial charge in [0.25, 0.3) is 0 Å². The number of nitrogens with one attached hydrogen (secondary N) is 2. The Morgan fingerprint density at radius 3 is 2.83 bits per heavy atom. The number of rotatable bonds is 4. The van der Waals surface area contributed by atoms with Crippen molar-refractivity contribution < 1.29 is 19.1 Å². The van der Waals surface area contributed by atoms with E-state index in [-0.39, 0.29) is 11.9 Å². The smallest absolute Gasteiger partial charge is 0.322 e. The highest BCUT2D eigenvalue weighted by Gasteiger charge is 2.34. The van der Waals surface area contributed by atoms with E-state index < -0.39 is 6.04 Å². The van der Waals surface area contributed by atoms with Gasteiger partial charge in [-0.2, -0.15) is 12.6 Å². The minimum absolute atomic E-state index is 0.126. The lowest BCUT2D eigenvalue weighted by molar-refractivity contribution is -0.124. The van der Waals surface area contributed by atoms with Crippen LogP contribution < -0.4 is 20.1 Å². The maximum absolute atomic E-state index is 12.5. The van der Waals surface area contributed by atoms with Crippen LogP contribution in [-0.4, -0.2) is 54.9 Å². The summed E-state index contributed by atoms with van der Waals surface area (Å²) in [6, 6.07) is 4.55. The van der Waals surface area contributed by atoms with Crippen LogP contribution in [0.25, 0.3) is 0 Å². The maximum Gasteiger partial charge on any atom is 0.322 e. The predicted octanol–water partition coefficient (Wildman–Crippen LogP) is 1.50. The average Bonchev–Trinajstić information content (AvgIpc) is 3.09. The van der Waals surface area contributed by atoms with Gasteiger partial charge in [0.2, 0.25) is 5.91 Å². The number of hydrogen-bond donors (Lipinski definition) is 3. The van der Waals surface area contributed by atoms with E-state index >= 15 is 0 Å². The highest BCUT2D eigenvalue weighted by atomic mass is 32.1. The number of carbonyl (C=O) groups is 2. The number of hydrogen-bond acceptors (Lipinski definition) is 5. The molecule has 1 fully saturated rings. The third-order valence-corrected chi connectivity index (χ3v) is 4.24. The quantitative estimate of drug-likeness (QED) is 0.718. The first-order valence-electron chi connectivity index (χ1n) is 8.05. The number of amides is 3. The number of carbonyl (C=O) groups excluding carboxylic acids is 2. The van der Waals surface area contributed by atoms with Crippen LogP contribution in [0.1, 0.15) is 12.8 Å². The summed E-state index contributed by atoms with van der Waals surface area (Å²) in [5.41, 5.74) is 0.616. The van der Waals surface area contributed by atoms with Crippen LogP contribution in [0.5, 0.6) is 11.5 Å². The van der Waals surface area contributed by atoms with Gasteiger partial charge >= 0.3 is 6.03 Å². The Labute approximate surface area is 146 Å². The molecule has 2 aliphatic rings. The number of ether oxygens (including phenoxy) is 2. The standard InChI is InChI=1S/C16H21N3O4S/c20-15(17-5-9-24)12-2-1-6-19(12)16(21)18-11-3-4-13-14(10-11)23-8-7-22-13/h3-4,10,12,24H,1-2,5-9H2,(H,17,20)(H,18,21)/t12-/m0/s1. The lowest BCUT2D eigenvalue weighted by Crippen LogP contribution is -2.47. The first-order chi connectivity index (χ1) is 11.7. The van der Waals surface area contributed by atoms with Crippen molar-refractivity contribution in [3.63, 3.8) is 0 Å². The van der Waals surface area contributed by atoms with Crippen molar-refractivity contribution in [2.24, 2.45) is 0 Å². The van der Waals surface area contributed by atoms with Crippen molar-refractivity contribution >= 4 is 30.3 Å². The molecule has 0 saturated carbocycles. The predicted molar refractivity (Wildman–Crippen MR) is 93.0 cm³/mol. The Bertz CT molecular complexity index is 625. The zero-order valence-corrected chi connectivity index (χ0v) is 14.2. The number of thiol groups is 1. The van der Waals surface area contributed by atoms with Crippen LogP contribution in [0.2, 0.25) is 0 Å². The van der Waals surface area contributed by atoms with Crippen molar-refractivity contribution in [2.45, 2.75) is 18.9 Å². The molecular weight excluding hydrogens is 330 g/mol. The van der Waals surface area contributed by atoms with Crippen LogP contribution in [0.15, 0.2) is 18.2 Å². The summed E-state index contributed by atoms with van der Waals surface area (Å²) in [6.45, 7) is 2.07. The Morgan fingerprint density at radius 1 is 1.25 bits per heavy atom. The third kappa shape index (κ3) is 3.69. The molecule has 0 aromatic heterocycles. The second-order valence-corrected chi connectivity index (χ2v) is 6.10. The van der Waals surface area contributed by atoms with E-state index in [2.05, 4.69) is 23.3 Å². The molecule has 0 spiro atoms. The fraction of sp³-hybridized carbons (Fsp3) is 0.500. The summed E-state index contributed by atoms with van der Waals surface area (Å²) in [6.07, 6.45) is 1.49. The molecule has 2 heterocycles. The maximum atomic E-state index is 12.5. The van der Waals surface area contributed by atoms with Gasteiger partial charge in [0.1, 0.15) is 19.3 Å². The lowest BCUT2D eigenvalue weighted by Gasteiger charge is -2.25. The number of likely N-dealkylation sites (tertiary alicyclic amines) is 1. The molecule has 1 atom stereocenters. The Balaban J connectivity index is 1.64. The molecule has 1 aromatic rings. The normalized spacial score (nSPS) is 19.0. The van der Waals surface area contributed by atoms with Gasteiger partial charge in [0, 0.05) is 30.6 Å². The number of nitrogens with zero attached hydrogens (tertiary/aromatic N) is 1. The average molecular weight is 351 g/mol. The van der Waals surface area contributed by atoms with Gasteiger partial charge in [-0.05, 0) is 25.0 Å². The summed E-state index contributed by atoms with van der Waals surface area (Å²) in [7, 11) is 0. The van der Waals surface area contributed by atoms with E-state index in [1.165, 1.54) is 0 Å². The lowest BCUT2D eigenvalue weighted by atomic mass is 10.2. The van der Waals surface area contributed by atoms with E-state index in [0.29, 0.717) is 55.7 Å². The molecule has 130 valence electrons. The Hall–Kier alpha value is -2.09. The van der Waals surface area contributed by atoms with Crippen LogP contribution in [0.4, 0.5) is 10.5 Å². The van der Waals surface area contributed by atoms with Gasteiger partial charge in [0.15, 0.2) is 11.5 Å². The fourth-order valence-corrected chi connectivity index (χ4v) is 3.01. The highest BCUT2D eigenvalue weighted by Crippen LogP contribution is 2.32. The summed E-state index contributed by atoms with van der Waals surface area (Å²) >= 11 is 4.08. The molecule has 1 saturated heterocycles. The van der Waals surface area contributed by atoms with Crippen molar-refractivity contribution in [1.82, 2.24) is 10.2 Å². The molecule has 8 heteroatoms. The van der Waals surface area contributed by atoms with Crippen molar-refractivity contribution in [3.05, 3.63) is 18.2 Å². The monoisotopic (exact) mass is 351 g/mol. The summed E-state index contributed by atoms with van der Waals surface area (Å²) in [5.74, 6) is 1.73. The Morgan fingerprint density at radius 2 is 2.04 bits per heavy atom. The number of anilines is 1. The first kappa shape index (κ1) is 16.8. The highest BCUT2D eigenvalue weighted by molar-refractivity contribution is 7.80. The zero-order chi connectivity index (χ0) is 16.9. The molecule has 0 bridgehead atoms. The van der Waals surface area contributed by atoms with Crippen LogP contribution in [0.3, 0.4) is 0 Å². The van der Waals surface area contributed by atoms with E-state index in [1.807, 2.05) is 0 Å². The molecule has 24 heavy (non-hydrogen) atoms. The molecule has 3 amide bonds. The van der Waals surface area contributed by atoms with E-state index in [1.54, 1.807) is 23.1 Å². The fourth-order valence-electron chi connectivity index (χ4n) is 2.90. The van der Waals surface area contributed by atoms with Crippen LogP contribution >= 0.6 is 12.6 Å². The SMILES string of the molecule is O=C(NCCS)[C@@H]1CCCN1C(=O)Nc1ccc2c(c1)OCCO2. The van der Waals surface area contributed by atoms with Crippen molar-refractivity contribution in [1.29, 1.82) is 0 Å². The second kappa shape index (κ2) is 7.65. The zero-order valence-electron chi connectivity index (χ0n) is 13.3. The molecule has 0 unspecified atom stereocenters. The molecular formula is C16H21N3O4S. The van der Waals surface area contributed by atoms with Crippen LogP contribution in [-0.2, 0) is 4.79 Å². The molecule has 2 N–H and O–H groups in total. The van der Waals surface area contributed by atoms with Gasteiger partial charge in [-0.25, -0.2) is 4.79 Å². The van der Waals surface area contributed by atoms with Gasteiger partial charge in [0.05, 0.1) is 0 Å². The molecule has 2 aliphatic heterocycles. The van der Waals surface area contributed by atoms with Gasteiger partial charge in [-0.15, -0.1) is 0 Å². The topological polar surface area (TPSA) is 79.9 Å². The van der Waals surface area contributed by atoms with Gasteiger partial charge in [-0.1, -0.05) is 0 Å². The van der Waals surface area contributed by atoms with E-state index in [0.717, 1.165) is 6.42 Å². The summed E-state index contributed by atoms with van der Waals surface area (Å²) in [5, 5.41) is 5.62. The first-order valence-corrected chi connectivity index (χ1v) is 8.68. The number of benzene rings is 1. The molecule has 3 rings (SSSR count). The van der Waals surface area contributed by atoms with Gasteiger partial charge in [-0.3, -0.25) is 4.79 Å². The number of urea groups is 1. The van der Waals surface area contributed by atoms with Crippen LogP contribution in [0, 0.1) is 0 Å². The van der Waals surface area contributed by atoms with Crippen molar-refractivity contribution in [3.8, 4) is 11.5 Å². The summed E-state index contributed by atoms with van der Waals surface area (Å²) in [4.78, 5) is 26.3. The van der Waals surface area contributed by atoms with E-state index in [4.69, 9.17) is 9.47 Å². The minimum Gasteiger partial charge on any atom is -0.486 e. The minimum atomic E-state index is -0.429. The number of fused-ring (bicyclic) bond motifs is 1. The van der Waals surface area contributed by atoms with Crippen molar-refractivity contribution in [2.75, 3.05) is 37.4 Å². The second-order valence-electron chi connectivity index (χ2n) is 5.65. The third-order valence-electron chi connectivity index (χ3n) is 4.02. The Kier molecular flexibility index (Phi) is 5.34. The molecule has 0 radical (unpaired) electrons. The summed E-state index contributed by atoms with van der Waals surface area (Å²) < 4.78 is 11.0. The van der Waals surface area contributed by atoms with Gasteiger partial charge < -0.3 is 25.0 Å². The largest absolute Gasteiger partial charge is 0.486 e. The molecule has 7 nitrogen and oxygen atoms in total.